The molecule has 0 aromatic rings. The molecule has 0 saturated carbocycles. The minimum absolute atomic E-state index is 0.0654. The van der Waals surface area contributed by atoms with Gasteiger partial charge < -0.3 is 14.2 Å². The van der Waals surface area contributed by atoms with E-state index in [4.69, 9.17) is 14.2 Å². The highest BCUT2D eigenvalue weighted by Gasteiger charge is 2.19. The first kappa shape index (κ1) is 62.1. The molecule has 378 valence electrons. The number of unbranched alkanes of at least 4 members (excludes halogenated alkanes) is 40. The fourth-order valence-corrected chi connectivity index (χ4v) is 8.68. The third-order valence-corrected chi connectivity index (χ3v) is 13.0. The van der Waals surface area contributed by atoms with Crippen LogP contribution >= 0.6 is 0 Å². The summed E-state index contributed by atoms with van der Waals surface area (Å²) in [6.07, 6.45) is 60.5. The summed E-state index contributed by atoms with van der Waals surface area (Å²) in [7, 11) is 0. The Morgan fingerprint density at radius 3 is 0.781 bits per heavy atom. The monoisotopic (exact) mass is 903 g/mol. The first-order valence-electron chi connectivity index (χ1n) is 28.7. The summed E-state index contributed by atoms with van der Waals surface area (Å²) in [5.74, 6) is -0.847. The molecule has 0 aliphatic heterocycles. The van der Waals surface area contributed by atoms with Crippen molar-refractivity contribution in [2.24, 2.45) is 0 Å². The molecule has 0 N–H and O–H groups in total. The highest BCUT2D eigenvalue weighted by atomic mass is 16.6. The van der Waals surface area contributed by atoms with Gasteiger partial charge in [0.25, 0.3) is 0 Å². The van der Waals surface area contributed by atoms with Crippen LogP contribution in [0.2, 0.25) is 0 Å². The summed E-state index contributed by atoms with van der Waals surface area (Å²) in [6.45, 7) is 6.68. The van der Waals surface area contributed by atoms with E-state index in [1.54, 1.807) is 0 Å². The van der Waals surface area contributed by atoms with Gasteiger partial charge in [0.1, 0.15) is 13.2 Å². The number of allylic oxidation sites excluding steroid dienone is 2. The van der Waals surface area contributed by atoms with E-state index in [-0.39, 0.29) is 31.1 Å². The number of rotatable bonds is 53. The predicted octanol–water partition coefficient (Wildman–Crippen LogP) is 18.9. The second kappa shape index (κ2) is 53.8. The molecule has 64 heavy (non-hydrogen) atoms. The molecular formula is C58H110O6. The standard InChI is InChI=1S/C58H110O6/c1-4-7-10-13-16-19-22-25-27-29-31-33-36-39-42-45-48-51-57(60)63-54-55(53-62-56(59)50-47-44-41-38-35-24-21-18-15-12-9-6-3)64-58(61)52-49-46-43-40-37-34-32-30-28-26-23-20-17-14-11-8-5-2/h25,27,55H,4-24,26,28-54H2,1-3H3/b27-25-/t55-/m1/s1. The maximum atomic E-state index is 12.8. The third kappa shape index (κ3) is 51.1. The Hall–Kier alpha value is -1.85. The van der Waals surface area contributed by atoms with Gasteiger partial charge in [-0.3, -0.25) is 14.4 Å². The van der Waals surface area contributed by atoms with Crippen molar-refractivity contribution in [3.05, 3.63) is 12.2 Å². The lowest BCUT2D eigenvalue weighted by Crippen LogP contribution is -2.30. The molecule has 0 aromatic carbocycles. The minimum atomic E-state index is -0.765. The highest BCUT2D eigenvalue weighted by Crippen LogP contribution is 2.17. The molecule has 6 heteroatoms. The van der Waals surface area contributed by atoms with E-state index in [0.29, 0.717) is 19.3 Å². The van der Waals surface area contributed by atoms with Crippen molar-refractivity contribution in [3.8, 4) is 0 Å². The maximum absolute atomic E-state index is 12.8. The Labute approximate surface area is 399 Å². The van der Waals surface area contributed by atoms with Crippen molar-refractivity contribution in [3.63, 3.8) is 0 Å². The number of esters is 3. The molecule has 0 bridgehead atoms. The van der Waals surface area contributed by atoms with Gasteiger partial charge in [-0.05, 0) is 44.9 Å². The minimum Gasteiger partial charge on any atom is -0.462 e. The van der Waals surface area contributed by atoms with Gasteiger partial charge in [0.2, 0.25) is 0 Å². The Morgan fingerprint density at radius 2 is 0.516 bits per heavy atom. The fourth-order valence-electron chi connectivity index (χ4n) is 8.68. The van der Waals surface area contributed by atoms with Gasteiger partial charge in [0, 0.05) is 19.3 Å². The molecule has 0 amide bonds. The van der Waals surface area contributed by atoms with Crippen molar-refractivity contribution in [2.45, 2.75) is 329 Å². The molecule has 6 nitrogen and oxygen atoms in total. The Kier molecular flexibility index (Phi) is 52.2. The molecule has 0 radical (unpaired) electrons. The maximum Gasteiger partial charge on any atom is 0.306 e. The van der Waals surface area contributed by atoms with Crippen LogP contribution in [0.3, 0.4) is 0 Å². The van der Waals surface area contributed by atoms with Crippen molar-refractivity contribution in [1.82, 2.24) is 0 Å². The lowest BCUT2D eigenvalue weighted by Gasteiger charge is -2.18. The van der Waals surface area contributed by atoms with E-state index in [2.05, 4.69) is 32.9 Å². The second-order valence-electron chi connectivity index (χ2n) is 19.6. The summed E-state index contributed by atoms with van der Waals surface area (Å²) in [4.78, 5) is 38.1. The topological polar surface area (TPSA) is 78.9 Å². The molecule has 0 aromatic heterocycles. The van der Waals surface area contributed by atoms with Gasteiger partial charge in [0.15, 0.2) is 6.10 Å². The average Bonchev–Trinajstić information content (AvgIpc) is 3.29. The zero-order valence-electron chi connectivity index (χ0n) is 43.3. The van der Waals surface area contributed by atoms with E-state index in [1.165, 1.54) is 225 Å². The summed E-state index contributed by atoms with van der Waals surface area (Å²) in [5.41, 5.74) is 0. The summed E-state index contributed by atoms with van der Waals surface area (Å²) >= 11 is 0. The van der Waals surface area contributed by atoms with Gasteiger partial charge in [-0.1, -0.05) is 270 Å². The summed E-state index contributed by atoms with van der Waals surface area (Å²) in [6, 6.07) is 0. The van der Waals surface area contributed by atoms with Crippen molar-refractivity contribution in [1.29, 1.82) is 0 Å². The molecule has 0 aliphatic rings. The van der Waals surface area contributed by atoms with Gasteiger partial charge in [-0.15, -0.1) is 0 Å². The van der Waals surface area contributed by atoms with Crippen LogP contribution in [0.15, 0.2) is 12.2 Å². The molecule has 0 heterocycles. The normalized spacial score (nSPS) is 12.0. The van der Waals surface area contributed by atoms with E-state index >= 15 is 0 Å². The lowest BCUT2D eigenvalue weighted by molar-refractivity contribution is -0.167. The SMILES string of the molecule is CCCCCCCC/C=C\CCCCCCCCCC(=O)OC[C@@H](COC(=O)CCCCCCCCCCCCCC)OC(=O)CCCCCCCCCCCCCCCCCCC. The van der Waals surface area contributed by atoms with Crippen LogP contribution in [0.5, 0.6) is 0 Å². The third-order valence-electron chi connectivity index (χ3n) is 13.0. The zero-order valence-corrected chi connectivity index (χ0v) is 43.3. The molecule has 0 aliphatic carbocycles. The number of carbonyl (C=O) groups excluding carboxylic acids is 3. The largest absolute Gasteiger partial charge is 0.462 e. The van der Waals surface area contributed by atoms with Crippen LogP contribution in [0, 0.1) is 0 Å². The van der Waals surface area contributed by atoms with E-state index < -0.39 is 6.10 Å². The Bertz CT molecular complexity index is 993. The summed E-state index contributed by atoms with van der Waals surface area (Å²) < 4.78 is 16.9. The first-order valence-corrected chi connectivity index (χ1v) is 28.7. The molecule has 0 rings (SSSR count). The van der Waals surface area contributed by atoms with Crippen LogP contribution < -0.4 is 0 Å². The van der Waals surface area contributed by atoms with Gasteiger partial charge in [0.05, 0.1) is 0 Å². The van der Waals surface area contributed by atoms with Crippen molar-refractivity contribution >= 4 is 17.9 Å². The smallest absolute Gasteiger partial charge is 0.306 e. The zero-order chi connectivity index (χ0) is 46.5. The highest BCUT2D eigenvalue weighted by molar-refractivity contribution is 5.71. The number of ether oxygens (including phenoxy) is 3. The van der Waals surface area contributed by atoms with Crippen LogP contribution in [-0.2, 0) is 28.6 Å². The van der Waals surface area contributed by atoms with Crippen LogP contribution in [0.1, 0.15) is 323 Å². The van der Waals surface area contributed by atoms with E-state index in [0.717, 1.165) is 57.8 Å². The van der Waals surface area contributed by atoms with Gasteiger partial charge in [-0.2, -0.15) is 0 Å². The molecule has 0 fully saturated rings. The fraction of sp³-hybridized carbons (Fsp3) is 0.914. The Morgan fingerprint density at radius 1 is 0.297 bits per heavy atom. The van der Waals surface area contributed by atoms with Crippen molar-refractivity contribution in [2.75, 3.05) is 13.2 Å². The molecule has 0 spiro atoms. The number of hydrogen-bond donors (Lipinski definition) is 0. The summed E-state index contributed by atoms with van der Waals surface area (Å²) in [5, 5.41) is 0. The van der Waals surface area contributed by atoms with Crippen LogP contribution in [-0.4, -0.2) is 37.2 Å². The van der Waals surface area contributed by atoms with Crippen LogP contribution in [0.25, 0.3) is 0 Å². The molecule has 1 atom stereocenters. The number of hydrogen-bond acceptors (Lipinski definition) is 6. The van der Waals surface area contributed by atoms with E-state index in [9.17, 15) is 14.4 Å². The predicted molar refractivity (Wildman–Crippen MR) is 275 cm³/mol. The second-order valence-corrected chi connectivity index (χ2v) is 19.6. The molecule has 0 unspecified atom stereocenters. The quantitative estimate of drug-likeness (QED) is 0.0262. The Balaban J connectivity index is 4.30. The van der Waals surface area contributed by atoms with Crippen molar-refractivity contribution < 1.29 is 28.6 Å². The lowest BCUT2D eigenvalue weighted by atomic mass is 10.0. The molecular weight excluding hydrogens is 793 g/mol. The van der Waals surface area contributed by atoms with Gasteiger partial charge >= 0.3 is 17.9 Å². The van der Waals surface area contributed by atoms with Crippen LogP contribution in [0.4, 0.5) is 0 Å². The molecule has 0 saturated heterocycles. The van der Waals surface area contributed by atoms with E-state index in [1.807, 2.05) is 0 Å². The first-order chi connectivity index (χ1) is 31.5. The van der Waals surface area contributed by atoms with Gasteiger partial charge in [-0.25, -0.2) is 0 Å². The number of carbonyl (C=O) groups is 3. The average molecular weight is 904 g/mol.